The third-order valence-corrected chi connectivity index (χ3v) is 4.81. The van der Waals surface area contributed by atoms with Crippen LogP contribution >= 0.6 is 11.8 Å². The monoisotopic (exact) mass is 243 g/mol. The van der Waals surface area contributed by atoms with Crippen LogP contribution in [0.1, 0.15) is 58.8 Å². The second kappa shape index (κ2) is 9.35. The fraction of sp³-hybridized carbons (Fsp3) is 1.00. The molecule has 1 nitrogen and oxygen atoms in total. The van der Waals surface area contributed by atoms with E-state index in [9.17, 15) is 0 Å². The summed E-state index contributed by atoms with van der Waals surface area (Å²) >= 11 is 2.14. The number of thioether (sulfide) groups is 1. The molecule has 0 aromatic heterocycles. The summed E-state index contributed by atoms with van der Waals surface area (Å²) in [5.74, 6) is 3.74. The summed E-state index contributed by atoms with van der Waals surface area (Å²) in [5, 5.41) is 3.70. The first-order chi connectivity index (χ1) is 7.88. The van der Waals surface area contributed by atoms with Crippen molar-refractivity contribution in [3.63, 3.8) is 0 Å². The van der Waals surface area contributed by atoms with Gasteiger partial charge in [0.15, 0.2) is 0 Å². The molecule has 0 bridgehead atoms. The van der Waals surface area contributed by atoms with Crippen molar-refractivity contribution in [1.29, 1.82) is 0 Å². The topological polar surface area (TPSA) is 12.0 Å². The van der Waals surface area contributed by atoms with Gasteiger partial charge in [-0.3, -0.25) is 0 Å². The molecule has 0 amide bonds. The summed E-state index contributed by atoms with van der Waals surface area (Å²) in [6.45, 7) is 5.67. The van der Waals surface area contributed by atoms with Crippen molar-refractivity contribution in [2.24, 2.45) is 5.92 Å². The lowest BCUT2D eigenvalue weighted by atomic mass is 9.94. The highest BCUT2D eigenvalue weighted by molar-refractivity contribution is 7.99. The van der Waals surface area contributed by atoms with Crippen LogP contribution in [0.25, 0.3) is 0 Å². The molecule has 96 valence electrons. The largest absolute Gasteiger partial charge is 0.314 e. The third kappa shape index (κ3) is 5.58. The number of unbranched alkanes of at least 4 members (excludes halogenated alkanes) is 4. The van der Waals surface area contributed by atoms with E-state index in [1.807, 2.05) is 0 Å². The summed E-state index contributed by atoms with van der Waals surface area (Å²) in [6.07, 6.45) is 9.93. The van der Waals surface area contributed by atoms with Gasteiger partial charge in [-0.15, -0.1) is 0 Å². The molecule has 2 unspecified atom stereocenters. The molecule has 2 atom stereocenters. The van der Waals surface area contributed by atoms with Gasteiger partial charge < -0.3 is 5.32 Å². The average Bonchev–Trinajstić information content (AvgIpc) is 2.81. The van der Waals surface area contributed by atoms with Crippen molar-refractivity contribution >= 4 is 11.8 Å². The Kier molecular flexibility index (Phi) is 8.40. The summed E-state index contributed by atoms with van der Waals surface area (Å²) in [7, 11) is 0. The molecule has 1 heterocycles. The minimum atomic E-state index is 0.807. The molecule has 0 aromatic carbocycles. The summed E-state index contributed by atoms with van der Waals surface area (Å²) < 4.78 is 0. The zero-order valence-electron chi connectivity index (χ0n) is 11.1. The molecular weight excluding hydrogens is 214 g/mol. The number of hydrogen-bond donors (Lipinski definition) is 1. The van der Waals surface area contributed by atoms with E-state index >= 15 is 0 Å². The first-order valence-corrected chi connectivity index (χ1v) is 8.35. The van der Waals surface area contributed by atoms with Gasteiger partial charge in [-0.25, -0.2) is 0 Å². The molecule has 1 aliphatic rings. The number of nitrogens with one attached hydrogen (secondary N) is 1. The van der Waals surface area contributed by atoms with Crippen LogP contribution < -0.4 is 5.32 Å². The quantitative estimate of drug-likeness (QED) is 0.612. The van der Waals surface area contributed by atoms with Crippen LogP contribution in [0, 0.1) is 5.92 Å². The van der Waals surface area contributed by atoms with Crippen molar-refractivity contribution in [3.05, 3.63) is 0 Å². The van der Waals surface area contributed by atoms with Crippen molar-refractivity contribution in [2.45, 2.75) is 64.8 Å². The minimum Gasteiger partial charge on any atom is -0.314 e. The van der Waals surface area contributed by atoms with Crippen LogP contribution in [0.4, 0.5) is 0 Å². The van der Waals surface area contributed by atoms with E-state index in [1.54, 1.807) is 0 Å². The SMILES string of the molecule is CCCCCCCC(NCC)C1CCSC1. The Bertz CT molecular complexity index is 155. The van der Waals surface area contributed by atoms with Crippen LogP contribution in [0.3, 0.4) is 0 Å². The fourth-order valence-electron chi connectivity index (χ4n) is 2.60. The lowest BCUT2D eigenvalue weighted by Gasteiger charge is -2.23. The van der Waals surface area contributed by atoms with Gasteiger partial charge in [0.2, 0.25) is 0 Å². The Balaban J connectivity index is 2.12. The van der Waals surface area contributed by atoms with E-state index in [0.29, 0.717) is 0 Å². The maximum absolute atomic E-state index is 3.70. The van der Waals surface area contributed by atoms with Gasteiger partial charge in [0, 0.05) is 6.04 Å². The third-order valence-electron chi connectivity index (χ3n) is 3.62. The Morgan fingerprint density at radius 3 is 2.62 bits per heavy atom. The maximum Gasteiger partial charge on any atom is 0.0103 e. The summed E-state index contributed by atoms with van der Waals surface area (Å²) in [6, 6.07) is 0.807. The average molecular weight is 243 g/mol. The first-order valence-electron chi connectivity index (χ1n) is 7.19. The predicted octanol–water partition coefficient (Wildman–Crippen LogP) is 4.08. The zero-order valence-corrected chi connectivity index (χ0v) is 12.0. The molecule has 1 saturated heterocycles. The van der Waals surface area contributed by atoms with Crippen LogP contribution in [-0.4, -0.2) is 24.1 Å². The van der Waals surface area contributed by atoms with Gasteiger partial charge in [-0.05, 0) is 36.8 Å². The Morgan fingerprint density at radius 1 is 1.19 bits per heavy atom. The Hall–Kier alpha value is 0.310. The van der Waals surface area contributed by atoms with E-state index in [1.165, 1.54) is 56.5 Å². The van der Waals surface area contributed by atoms with E-state index in [2.05, 4.69) is 30.9 Å². The van der Waals surface area contributed by atoms with Crippen LogP contribution in [-0.2, 0) is 0 Å². The van der Waals surface area contributed by atoms with Crippen molar-refractivity contribution in [1.82, 2.24) is 5.32 Å². The van der Waals surface area contributed by atoms with Crippen LogP contribution in [0.2, 0.25) is 0 Å². The molecule has 1 fully saturated rings. The smallest absolute Gasteiger partial charge is 0.0103 e. The second-order valence-corrected chi connectivity index (χ2v) is 6.14. The fourth-order valence-corrected chi connectivity index (χ4v) is 3.94. The summed E-state index contributed by atoms with van der Waals surface area (Å²) in [5.41, 5.74) is 0. The molecule has 1 aliphatic heterocycles. The van der Waals surface area contributed by atoms with Crippen molar-refractivity contribution in [3.8, 4) is 0 Å². The highest BCUT2D eigenvalue weighted by Gasteiger charge is 2.23. The normalized spacial score (nSPS) is 22.5. The lowest BCUT2D eigenvalue weighted by Crippen LogP contribution is -2.36. The number of hydrogen-bond acceptors (Lipinski definition) is 2. The summed E-state index contributed by atoms with van der Waals surface area (Å²) in [4.78, 5) is 0. The molecule has 1 rings (SSSR count). The molecule has 0 radical (unpaired) electrons. The van der Waals surface area contributed by atoms with Gasteiger partial charge in [0.1, 0.15) is 0 Å². The number of rotatable bonds is 9. The Morgan fingerprint density at radius 2 is 2.00 bits per heavy atom. The van der Waals surface area contributed by atoms with Crippen molar-refractivity contribution < 1.29 is 0 Å². The van der Waals surface area contributed by atoms with Gasteiger partial charge in [-0.1, -0.05) is 46.0 Å². The molecule has 0 aromatic rings. The van der Waals surface area contributed by atoms with Crippen LogP contribution in [0.5, 0.6) is 0 Å². The van der Waals surface area contributed by atoms with E-state index in [-0.39, 0.29) is 0 Å². The van der Waals surface area contributed by atoms with Crippen LogP contribution in [0.15, 0.2) is 0 Å². The molecule has 0 aliphatic carbocycles. The molecule has 2 heteroatoms. The molecule has 16 heavy (non-hydrogen) atoms. The second-order valence-electron chi connectivity index (χ2n) is 4.99. The standard InChI is InChI=1S/C14H29NS/c1-3-5-6-7-8-9-14(15-4-2)13-10-11-16-12-13/h13-15H,3-12H2,1-2H3. The van der Waals surface area contributed by atoms with E-state index in [0.717, 1.165) is 18.5 Å². The predicted molar refractivity (Wildman–Crippen MR) is 76.3 cm³/mol. The lowest BCUT2D eigenvalue weighted by molar-refractivity contribution is 0.356. The molecule has 0 spiro atoms. The van der Waals surface area contributed by atoms with Gasteiger partial charge in [0.25, 0.3) is 0 Å². The zero-order chi connectivity index (χ0) is 11.6. The first kappa shape index (κ1) is 14.4. The van der Waals surface area contributed by atoms with E-state index < -0.39 is 0 Å². The van der Waals surface area contributed by atoms with E-state index in [4.69, 9.17) is 0 Å². The minimum absolute atomic E-state index is 0.807. The highest BCUT2D eigenvalue weighted by Crippen LogP contribution is 2.28. The van der Waals surface area contributed by atoms with Gasteiger partial charge in [-0.2, -0.15) is 11.8 Å². The van der Waals surface area contributed by atoms with Gasteiger partial charge >= 0.3 is 0 Å². The molecule has 1 N–H and O–H groups in total. The molecule has 0 saturated carbocycles. The van der Waals surface area contributed by atoms with Gasteiger partial charge in [0.05, 0.1) is 0 Å². The Labute approximate surface area is 106 Å². The van der Waals surface area contributed by atoms with Crippen molar-refractivity contribution in [2.75, 3.05) is 18.1 Å². The molecular formula is C14H29NS. The maximum atomic E-state index is 3.70. The highest BCUT2D eigenvalue weighted by atomic mass is 32.2.